The summed E-state index contributed by atoms with van der Waals surface area (Å²) >= 11 is 0. The van der Waals surface area contributed by atoms with Gasteiger partial charge in [-0.2, -0.15) is 5.10 Å². The van der Waals surface area contributed by atoms with Crippen LogP contribution in [-0.4, -0.2) is 102 Å². The second-order valence-electron chi connectivity index (χ2n) is 18.9. The number of aromatic nitrogens is 7. The minimum absolute atomic E-state index is 0.0258. The highest BCUT2D eigenvalue weighted by molar-refractivity contribution is 7.71. The molecule has 1 saturated carbocycles. The summed E-state index contributed by atoms with van der Waals surface area (Å²) in [6.45, 7) is 10.7. The van der Waals surface area contributed by atoms with Gasteiger partial charge in [-0.25, -0.2) is 18.7 Å². The molecule has 3 unspecified atom stereocenters. The Kier molecular flexibility index (Phi) is 10.2. The molecule has 342 valence electrons. The van der Waals surface area contributed by atoms with Crippen molar-refractivity contribution in [3.63, 3.8) is 0 Å². The summed E-state index contributed by atoms with van der Waals surface area (Å²) < 4.78 is 46.6. The highest BCUT2D eigenvalue weighted by atomic mass is 31.2. The number of carbonyl (C=O) groups excluding carboxylic acids is 1. The molecule has 11 rings (SSSR count). The number of rotatable bonds is 8. The summed E-state index contributed by atoms with van der Waals surface area (Å²) in [4.78, 5) is 49.5. The van der Waals surface area contributed by atoms with E-state index in [1.54, 1.807) is 52.2 Å². The Balaban J connectivity index is 1.02. The topological polar surface area (TPSA) is 158 Å². The zero-order valence-electron chi connectivity index (χ0n) is 37.8. The molecule has 1 N–H and O–H groups in total. The van der Waals surface area contributed by atoms with Crippen LogP contribution >= 0.6 is 7.14 Å². The molecular formula is C49H53FN9O6P. The van der Waals surface area contributed by atoms with Gasteiger partial charge < -0.3 is 23.7 Å². The van der Waals surface area contributed by atoms with Crippen LogP contribution < -0.4 is 16.8 Å². The number of H-pyrrole nitrogens is 1. The minimum Gasteiger partial charge on any atom is -0.381 e. The average Bonchev–Trinajstić information content (AvgIpc) is 3.82. The zero-order chi connectivity index (χ0) is 45.8. The van der Waals surface area contributed by atoms with Crippen molar-refractivity contribution in [2.45, 2.75) is 70.9 Å². The molecule has 1 aliphatic carbocycles. The number of hydrogen-bond donors (Lipinski definition) is 1. The number of nitrogens with zero attached hydrogens (tertiary/aromatic N) is 8. The quantitative estimate of drug-likeness (QED) is 0.167. The van der Waals surface area contributed by atoms with E-state index in [9.17, 15) is 14.2 Å². The van der Waals surface area contributed by atoms with Gasteiger partial charge in [0.1, 0.15) is 30.0 Å². The van der Waals surface area contributed by atoms with Gasteiger partial charge in [0.25, 0.3) is 5.91 Å². The lowest BCUT2D eigenvalue weighted by molar-refractivity contribution is 0.0663. The van der Waals surface area contributed by atoms with Gasteiger partial charge in [-0.1, -0.05) is 18.1 Å². The van der Waals surface area contributed by atoms with Crippen molar-refractivity contribution in [2.24, 2.45) is 5.92 Å². The number of amides is 1. The first-order chi connectivity index (χ1) is 31.8. The third-order valence-corrected chi connectivity index (χ3v) is 18.0. The molecule has 17 heteroatoms. The predicted octanol–water partition coefficient (Wildman–Crippen LogP) is 6.57. The third-order valence-electron chi connectivity index (χ3n) is 14.9. The fourth-order valence-corrected chi connectivity index (χ4v) is 13.7. The molecule has 3 fully saturated rings. The molecule has 7 aromatic rings. The van der Waals surface area contributed by atoms with E-state index in [0.29, 0.717) is 96.2 Å². The fraction of sp³-hybridized carbons (Fsp3) is 0.408. The Morgan fingerprint density at radius 2 is 1.61 bits per heavy atom. The Hall–Kier alpha value is -6.09. The molecule has 0 spiro atoms. The van der Waals surface area contributed by atoms with E-state index in [4.69, 9.17) is 14.4 Å². The number of nitrogens with one attached hydrogen (secondary N) is 1. The third kappa shape index (κ3) is 6.73. The second kappa shape index (κ2) is 15.8. The van der Waals surface area contributed by atoms with Crippen LogP contribution in [0.3, 0.4) is 0 Å². The van der Waals surface area contributed by atoms with Crippen molar-refractivity contribution in [2.75, 3.05) is 52.2 Å². The van der Waals surface area contributed by atoms with Gasteiger partial charge in [-0.3, -0.25) is 23.4 Å². The molecule has 15 nitrogen and oxygen atoms in total. The molecule has 7 heterocycles. The van der Waals surface area contributed by atoms with E-state index >= 15 is 9.18 Å². The van der Waals surface area contributed by atoms with Gasteiger partial charge in [0, 0.05) is 85.8 Å². The number of aromatic amines is 1. The number of fused-ring (bicyclic) bond motifs is 2. The van der Waals surface area contributed by atoms with Crippen LogP contribution in [0.15, 0.2) is 87.2 Å². The molecule has 1 amide bonds. The summed E-state index contributed by atoms with van der Waals surface area (Å²) in [5, 5.41) is 11.0. The highest BCUT2D eigenvalue weighted by Gasteiger charge is 2.59. The maximum Gasteiger partial charge on any atom is 0.438 e. The summed E-state index contributed by atoms with van der Waals surface area (Å²) in [7, 11) is -0.504. The lowest BCUT2D eigenvalue weighted by Gasteiger charge is -2.34. The van der Waals surface area contributed by atoms with Gasteiger partial charge in [0.2, 0.25) is 0 Å². The van der Waals surface area contributed by atoms with Crippen LogP contribution in [-0.2, 0) is 21.3 Å². The molecule has 3 atom stereocenters. The van der Waals surface area contributed by atoms with Crippen molar-refractivity contribution in [3.8, 4) is 17.2 Å². The number of aryl methyl sites for hydroxylation is 2. The average molecular weight is 914 g/mol. The largest absolute Gasteiger partial charge is 0.438 e. The number of imidazole rings is 1. The molecule has 2 saturated heterocycles. The predicted molar refractivity (Wildman–Crippen MR) is 248 cm³/mol. The lowest BCUT2D eigenvalue weighted by atomic mass is 9.91. The zero-order valence-corrected chi connectivity index (χ0v) is 38.7. The fourth-order valence-electron chi connectivity index (χ4n) is 11.0. The van der Waals surface area contributed by atoms with Crippen LogP contribution in [0.5, 0.6) is 0 Å². The van der Waals surface area contributed by atoms with Crippen molar-refractivity contribution in [1.29, 1.82) is 0 Å². The van der Waals surface area contributed by atoms with Crippen LogP contribution in [0.2, 0.25) is 0 Å². The Morgan fingerprint density at radius 1 is 0.909 bits per heavy atom. The summed E-state index contributed by atoms with van der Waals surface area (Å²) in [6.07, 6.45) is 7.50. The summed E-state index contributed by atoms with van der Waals surface area (Å²) in [5.74, 6) is -0.00988. The van der Waals surface area contributed by atoms with Gasteiger partial charge in [-0.15, -0.1) is 0 Å². The van der Waals surface area contributed by atoms with Gasteiger partial charge in [0.05, 0.1) is 23.1 Å². The minimum atomic E-state index is -2.55. The number of ether oxygens (including phenoxy) is 1. The smallest absolute Gasteiger partial charge is 0.381 e. The van der Waals surface area contributed by atoms with Gasteiger partial charge in [-0.05, 0) is 130 Å². The normalized spacial score (nSPS) is 22.2. The van der Waals surface area contributed by atoms with E-state index in [-0.39, 0.29) is 23.3 Å². The standard InChI is InChI=1S/C49H53FN9O6P/c1-29-24-37(25-30(2)43(29)50)59-44(57-17-16-56(48(57)62)36-7-9-38(10-8-36)66(63)22-18-54(5)19-23-66)42-32(4)55(15-12-39(42)52-59)45(60)41-27-35-26-34(33-13-20-64-21-14-33)6-11-40(35)58(41)49(28-31(49)3)46-51-47(61)65-53-46/h6-11,16-17,24-27,31-33H,12-15,18-23,28H2,1-5H3,(H,51,53,61). The maximum absolute atomic E-state index is 15.5. The highest BCUT2D eigenvalue weighted by Crippen LogP contribution is 2.56. The Morgan fingerprint density at radius 3 is 2.27 bits per heavy atom. The monoisotopic (exact) mass is 913 g/mol. The van der Waals surface area contributed by atoms with E-state index in [1.807, 2.05) is 53.8 Å². The molecule has 4 aromatic heterocycles. The molecule has 66 heavy (non-hydrogen) atoms. The number of hydrogen-bond acceptors (Lipinski definition) is 9. The van der Waals surface area contributed by atoms with Gasteiger partial charge >= 0.3 is 11.4 Å². The Bertz CT molecular complexity index is 3210. The molecule has 4 aliphatic rings. The van der Waals surface area contributed by atoms with E-state index < -0.39 is 24.5 Å². The first-order valence-corrected chi connectivity index (χ1v) is 25.0. The Labute approximate surface area is 380 Å². The molecular weight excluding hydrogens is 861 g/mol. The maximum atomic E-state index is 15.5. The first kappa shape index (κ1) is 42.5. The first-order valence-electron chi connectivity index (χ1n) is 22.9. The summed E-state index contributed by atoms with van der Waals surface area (Å²) in [5.41, 5.74) is 4.80. The van der Waals surface area contributed by atoms with Crippen LogP contribution in [0, 0.1) is 25.6 Å². The lowest BCUT2D eigenvalue weighted by Crippen LogP contribution is -2.41. The molecule has 0 radical (unpaired) electrons. The number of carbonyl (C=O) groups is 1. The van der Waals surface area contributed by atoms with E-state index in [0.717, 1.165) is 47.8 Å². The van der Waals surface area contributed by atoms with Crippen molar-refractivity contribution >= 4 is 29.3 Å². The second-order valence-corrected chi connectivity index (χ2v) is 22.1. The van der Waals surface area contributed by atoms with Gasteiger partial charge in [0.15, 0.2) is 5.82 Å². The summed E-state index contributed by atoms with van der Waals surface area (Å²) in [6, 6.07) is 18.7. The van der Waals surface area contributed by atoms with E-state index in [2.05, 4.69) is 40.2 Å². The van der Waals surface area contributed by atoms with Crippen LogP contribution in [0.25, 0.3) is 28.1 Å². The van der Waals surface area contributed by atoms with Crippen LogP contribution in [0.4, 0.5) is 4.39 Å². The molecule has 0 bridgehead atoms. The molecule has 3 aromatic carbocycles. The van der Waals surface area contributed by atoms with Crippen LogP contribution in [0.1, 0.15) is 89.3 Å². The number of benzene rings is 3. The van der Waals surface area contributed by atoms with Crippen molar-refractivity contribution < 1.29 is 23.0 Å². The van der Waals surface area contributed by atoms with Crippen molar-refractivity contribution in [3.05, 3.63) is 139 Å². The molecule has 3 aliphatic heterocycles. The van der Waals surface area contributed by atoms with Crippen molar-refractivity contribution in [1.82, 2.24) is 43.4 Å². The number of halogens is 1. The van der Waals surface area contributed by atoms with E-state index in [1.165, 1.54) is 5.56 Å². The SMILES string of the molecule is Cc1cc(-n2nc3c(c2-n2ccn(-c4ccc(P5(=O)CCN(C)CC5)cc4)c2=O)C(C)N(C(=O)c2cc4cc(C5CCOCC5)ccc4n2C2(c4noc(=O)[nH]4)CC2C)CC3)cc(C)c1F.